The summed E-state index contributed by atoms with van der Waals surface area (Å²) in [6, 6.07) is 9.93. The number of carbonyl (C=O) groups excluding carboxylic acids is 1. The lowest BCUT2D eigenvalue weighted by Crippen LogP contribution is -2.28. The zero-order chi connectivity index (χ0) is 14.5. The van der Waals surface area contributed by atoms with Gasteiger partial charge in [-0.3, -0.25) is 4.79 Å². The van der Waals surface area contributed by atoms with E-state index in [2.05, 4.69) is 39.6 Å². The van der Waals surface area contributed by atoms with Gasteiger partial charge in [-0.25, -0.2) is 0 Å². The van der Waals surface area contributed by atoms with E-state index in [0.717, 1.165) is 28.4 Å². The quantitative estimate of drug-likeness (QED) is 0.798. The van der Waals surface area contributed by atoms with Crippen molar-refractivity contribution in [2.75, 3.05) is 0 Å². The molecule has 2 aromatic rings. The zero-order valence-electron chi connectivity index (χ0n) is 11.7. The van der Waals surface area contributed by atoms with Gasteiger partial charge in [0.15, 0.2) is 0 Å². The van der Waals surface area contributed by atoms with E-state index in [4.69, 9.17) is 0 Å². The van der Waals surface area contributed by atoms with E-state index in [9.17, 15) is 4.79 Å². The normalized spacial score (nSPS) is 12.2. The minimum absolute atomic E-state index is 0.00403. The summed E-state index contributed by atoms with van der Waals surface area (Å²) in [6.07, 6.45) is 2.00. The first-order valence-electron chi connectivity index (χ1n) is 6.72. The van der Waals surface area contributed by atoms with Crippen LogP contribution in [0.2, 0.25) is 0 Å². The number of hydrogen-bond acceptors (Lipinski definition) is 2. The third-order valence-corrected chi connectivity index (χ3v) is 5.13. The highest BCUT2D eigenvalue weighted by Crippen LogP contribution is 2.25. The Hall–Kier alpha value is -1.13. The largest absolute Gasteiger partial charge is 0.344 e. The maximum absolute atomic E-state index is 12.5. The van der Waals surface area contributed by atoms with E-state index in [1.165, 1.54) is 4.88 Å². The van der Waals surface area contributed by atoms with Gasteiger partial charge in [-0.15, -0.1) is 11.3 Å². The Kier molecular flexibility index (Phi) is 5.38. The van der Waals surface area contributed by atoms with Crippen LogP contribution in [0.3, 0.4) is 0 Å². The molecule has 4 heteroatoms. The summed E-state index contributed by atoms with van der Waals surface area (Å²) in [5.41, 5.74) is 1.71. The fourth-order valence-electron chi connectivity index (χ4n) is 2.15. The molecule has 0 radical (unpaired) electrons. The van der Waals surface area contributed by atoms with Crippen molar-refractivity contribution in [2.45, 2.75) is 32.7 Å². The average molecular weight is 352 g/mol. The standard InChI is InChI=1S/C16H18BrNOS/c1-3-6-14(15-9-5-10-20-15)18-16(19)12-7-4-8-13(17)11(12)2/h4-5,7-10,14H,3,6H2,1-2H3,(H,18,19). The van der Waals surface area contributed by atoms with Crippen LogP contribution in [0.1, 0.15) is 46.6 Å². The molecule has 1 heterocycles. The van der Waals surface area contributed by atoms with Crippen LogP contribution in [0, 0.1) is 6.92 Å². The van der Waals surface area contributed by atoms with Crippen molar-refractivity contribution in [2.24, 2.45) is 0 Å². The van der Waals surface area contributed by atoms with Gasteiger partial charge in [0.05, 0.1) is 6.04 Å². The van der Waals surface area contributed by atoms with Crippen LogP contribution in [0.15, 0.2) is 40.2 Å². The Bertz CT molecular complexity index is 580. The van der Waals surface area contributed by atoms with E-state index in [-0.39, 0.29) is 11.9 Å². The summed E-state index contributed by atoms with van der Waals surface area (Å²) in [4.78, 5) is 13.7. The molecule has 0 saturated heterocycles. The molecule has 1 atom stereocenters. The van der Waals surface area contributed by atoms with E-state index < -0.39 is 0 Å². The first kappa shape index (κ1) is 15.3. The highest BCUT2D eigenvalue weighted by Gasteiger charge is 2.17. The smallest absolute Gasteiger partial charge is 0.252 e. The monoisotopic (exact) mass is 351 g/mol. The van der Waals surface area contributed by atoms with E-state index in [1.807, 2.05) is 31.2 Å². The van der Waals surface area contributed by atoms with Gasteiger partial charge in [0, 0.05) is 14.9 Å². The molecule has 0 saturated carbocycles. The van der Waals surface area contributed by atoms with Crippen molar-refractivity contribution >= 4 is 33.2 Å². The molecular weight excluding hydrogens is 334 g/mol. The summed E-state index contributed by atoms with van der Waals surface area (Å²) < 4.78 is 0.966. The van der Waals surface area contributed by atoms with Gasteiger partial charge in [0.2, 0.25) is 0 Å². The lowest BCUT2D eigenvalue weighted by Gasteiger charge is -2.18. The molecule has 1 amide bonds. The Balaban J connectivity index is 2.18. The van der Waals surface area contributed by atoms with Crippen molar-refractivity contribution in [3.8, 4) is 0 Å². The molecule has 1 N–H and O–H groups in total. The fourth-order valence-corrected chi connectivity index (χ4v) is 3.33. The molecule has 2 nitrogen and oxygen atoms in total. The van der Waals surface area contributed by atoms with E-state index in [1.54, 1.807) is 11.3 Å². The molecule has 0 fully saturated rings. The minimum Gasteiger partial charge on any atom is -0.344 e. The molecule has 2 rings (SSSR count). The summed E-state index contributed by atoms with van der Waals surface area (Å²) in [5.74, 6) is -0.00403. The second-order valence-electron chi connectivity index (χ2n) is 4.74. The lowest BCUT2D eigenvalue weighted by atomic mass is 10.1. The third kappa shape index (κ3) is 3.49. The molecule has 0 spiro atoms. The average Bonchev–Trinajstić information content (AvgIpc) is 2.95. The number of hydrogen-bond donors (Lipinski definition) is 1. The molecule has 1 aromatic carbocycles. The SMILES string of the molecule is CCCC(NC(=O)c1cccc(Br)c1C)c1cccs1. The molecule has 106 valence electrons. The maximum atomic E-state index is 12.5. The van der Waals surface area contributed by atoms with E-state index in [0.29, 0.717) is 0 Å². The van der Waals surface area contributed by atoms with E-state index >= 15 is 0 Å². The van der Waals surface area contributed by atoms with Gasteiger partial charge in [-0.05, 0) is 42.5 Å². The number of rotatable bonds is 5. The fraction of sp³-hybridized carbons (Fsp3) is 0.312. The Morgan fingerprint density at radius 3 is 2.80 bits per heavy atom. The summed E-state index contributed by atoms with van der Waals surface area (Å²) in [7, 11) is 0. The van der Waals surface area contributed by atoms with Crippen molar-refractivity contribution in [3.63, 3.8) is 0 Å². The van der Waals surface area contributed by atoms with Crippen LogP contribution in [0.4, 0.5) is 0 Å². The maximum Gasteiger partial charge on any atom is 0.252 e. The predicted molar refractivity (Wildman–Crippen MR) is 88.3 cm³/mol. The van der Waals surface area contributed by atoms with Crippen molar-refractivity contribution in [1.82, 2.24) is 5.32 Å². The summed E-state index contributed by atoms with van der Waals surface area (Å²) in [5, 5.41) is 5.21. The van der Waals surface area contributed by atoms with Gasteiger partial charge in [0.25, 0.3) is 5.91 Å². The summed E-state index contributed by atoms with van der Waals surface area (Å²) >= 11 is 5.16. The predicted octanol–water partition coefficient (Wildman–Crippen LogP) is 5.09. The van der Waals surface area contributed by atoms with Gasteiger partial charge in [-0.2, -0.15) is 0 Å². The number of benzene rings is 1. The first-order chi connectivity index (χ1) is 9.63. The van der Waals surface area contributed by atoms with Crippen LogP contribution in [0.5, 0.6) is 0 Å². The number of carbonyl (C=O) groups is 1. The number of amides is 1. The van der Waals surface area contributed by atoms with Gasteiger partial charge < -0.3 is 5.32 Å². The van der Waals surface area contributed by atoms with Gasteiger partial charge in [0.1, 0.15) is 0 Å². The van der Waals surface area contributed by atoms with Crippen molar-refractivity contribution < 1.29 is 4.79 Å². The highest BCUT2D eigenvalue weighted by atomic mass is 79.9. The second-order valence-corrected chi connectivity index (χ2v) is 6.58. The highest BCUT2D eigenvalue weighted by molar-refractivity contribution is 9.10. The van der Waals surface area contributed by atoms with Crippen LogP contribution in [0.25, 0.3) is 0 Å². The molecule has 20 heavy (non-hydrogen) atoms. The number of halogens is 1. The van der Waals surface area contributed by atoms with Crippen molar-refractivity contribution in [3.05, 3.63) is 56.2 Å². The minimum atomic E-state index is -0.00403. The van der Waals surface area contributed by atoms with Crippen LogP contribution >= 0.6 is 27.3 Å². The van der Waals surface area contributed by atoms with Crippen molar-refractivity contribution in [1.29, 1.82) is 0 Å². The third-order valence-electron chi connectivity index (χ3n) is 3.28. The first-order valence-corrected chi connectivity index (χ1v) is 8.40. The molecule has 0 aliphatic carbocycles. The topological polar surface area (TPSA) is 29.1 Å². The molecule has 1 aromatic heterocycles. The Morgan fingerprint density at radius 1 is 1.35 bits per heavy atom. The lowest BCUT2D eigenvalue weighted by molar-refractivity contribution is 0.0934. The Labute approximate surface area is 132 Å². The number of nitrogens with one attached hydrogen (secondary N) is 1. The van der Waals surface area contributed by atoms with Gasteiger partial charge in [-0.1, -0.05) is 41.4 Å². The van der Waals surface area contributed by atoms with Crippen LogP contribution in [-0.4, -0.2) is 5.91 Å². The van der Waals surface area contributed by atoms with Crippen LogP contribution in [-0.2, 0) is 0 Å². The van der Waals surface area contributed by atoms with Gasteiger partial charge >= 0.3 is 0 Å². The molecule has 0 aliphatic heterocycles. The molecule has 1 unspecified atom stereocenters. The number of thiophene rings is 1. The second kappa shape index (κ2) is 7.04. The van der Waals surface area contributed by atoms with Crippen LogP contribution < -0.4 is 5.32 Å². The summed E-state index contributed by atoms with van der Waals surface area (Å²) in [6.45, 7) is 4.09. The Morgan fingerprint density at radius 2 is 2.15 bits per heavy atom. The molecule has 0 aliphatic rings. The molecule has 0 bridgehead atoms. The zero-order valence-corrected chi connectivity index (χ0v) is 14.1. The molecular formula is C16H18BrNOS.